The second-order valence-electron chi connectivity index (χ2n) is 6.44. The van der Waals surface area contributed by atoms with Gasteiger partial charge in [0.2, 0.25) is 0 Å². The van der Waals surface area contributed by atoms with Crippen molar-refractivity contribution >= 4 is 5.97 Å². The molecule has 3 heteroatoms. The molecule has 0 amide bonds. The Kier molecular flexibility index (Phi) is 4.29. The lowest BCUT2D eigenvalue weighted by Crippen LogP contribution is -2.53. The average Bonchev–Trinajstić information content (AvgIpc) is 3.00. The molecule has 0 bridgehead atoms. The molecular weight excluding hydrogens is 262 g/mol. The first-order valence-electron chi connectivity index (χ1n) is 8.18. The molecule has 3 nitrogen and oxygen atoms in total. The van der Waals surface area contributed by atoms with Crippen LogP contribution in [0.3, 0.4) is 0 Å². The van der Waals surface area contributed by atoms with E-state index in [-0.39, 0.29) is 5.97 Å². The minimum absolute atomic E-state index is 0.0941. The van der Waals surface area contributed by atoms with Crippen molar-refractivity contribution in [2.24, 2.45) is 0 Å². The summed E-state index contributed by atoms with van der Waals surface area (Å²) in [4.78, 5) is 12.2. The Morgan fingerprint density at radius 2 is 1.90 bits per heavy atom. The van der Waals surface area contributed by atoms with E-state index in [1.54, 1.807) is 0 Å². The largest absolute Gasteiger partial charge is 0.468 e. The molecule has 0 aliphatic heterocycles. The van der Waals surface area contributed by atoms with E-state index in [9.17, 15) is 4.79 Å². The highest BCUT2D eigenvalue weighted by Crippen LogP contribution is 2.30. The zero-order valence-corrected chi connectivity index (χ0v) is 12.9. The molecule has 0 heterocycles. The Morgan fingerprint density at radius 3 is 2.67 bits per heavy atom. The van der Waals surface area contributed by atoms with E-state index in [0.29, 0.717) is 0 Å². The molecule has 3 rings (SSSR count). The number of benzene rings is 1. The van der Waals surface area contributed by atoms with Crippen molar-refractivity contribution in [2.45, 2.75) is 63.5 Å². The number of ether oxygens (including phenoxy) is 1. The maximum absolute atomic E-state index is 12.2. The quantitative estimate of drug-likeness (QED) is 0.865. The van der Waals surface area contributed by atoms with Gasteiger partial charge in [0.25, 0.3) is 0 Å². The van der Waals surface area contributed by atoms with Crippen LogP contribution in [0.2, 0.25) is 0 Å². The third-order valence-electron chi connectivity index (χ3n) is 5.08. The molecule has 0 atom stereocenters. The van der Waals surface area contributed by atoms with Crippen molar-refractivity contribution < 1.29 is 9.53 Å². The van der Waals surface area contributed by atoms with E-state index in [1.807, 2.05) is 0 Å². The standard InChI is InChI=1S/C18H25NO2/c1-21-17(20)18(10-3-2-4-11-18)19-13-14-8-9-15-6-5-7-16(15)12-14/h8-9,12,19H,2-7,10-11,13H2,1H3. The Labute approximate surface area is 127 Å². The van der Waals surface area contributed by atoms with Crippen molar-refractivity contribution in [3.63, 3.8) is 0 Å². The highest BCUT2D eigenvalue weighted by atomic mass is 16.5. The van der Waals surface area contributed by atoms with Gasteiger partial charge in [-0.25, -0.2) is 0 Å². The van der Waals surface area contributed by atoms with Gasteiger partial charge in [-0.15, -0.1) is 0 Å². The number of esters is 1. The number of hydrogen-bond acceptors (Lipinski definition) is 3. The summed E-state index contributed by atoms with van der Waals surface area (Å²) in [7, 11) is 1.50. The fraction of sp³-hybridized carbons (Fsp3) is 0.611. The van der Waals surface area contributed by atoms with E-state index < -0.39 is 5.54 Å². The molecule has 1 saturated carbocycles. The zero-order chi connectivity index (χ0) is 14.7. The van der Waals surface area contributed by atoms with Gasteiger partial charge in [0.15, 0.2) is 0 Å². The minimum atomic E-state index is -0.466. The van der Waals surface area contributed by atoms with Crippen molar-refractivity contribution in [1.82, 2.24) is 5.32 Å². The first-order valence-corrected chi connectivity index (χ1v) is 8.18. The predicted molar refractivity (Wildman–Crippen MR) is 83.1 cm³/mol. The number of carbonyl (C=O) groups excluding carboxylic acids is 1. The van der Waals surface area contributed by atoms with E-state index in [0.717, 1.165) is 32.2 Å². The maximum atomic E-state index is 12.2. The highest BCUT2D eigenvalue weighted by Gasteiger charge is 2.40. The lowest BCUT2D eigenvalue weighted by Gasteiger charge is -2.35. The van der Waals surface area contributed by atoms with Crippen LogP contribution in [-0.2, 0) is 28.9 Å². The number of aryl methyl sites for hydroxylation is 2. The third-order valence-corrected chi connectivity index (χ3v) is 5.08. The molecule has 0 unspecified atom stereocenters. The number of fused-ring (bicyclic) bond motifs is 1. The van der Waals surface area contributed by atoms with Crippen LogP contribution < -0.4 is 5.32 Å². The number of carbonyl (C=O) groups is 1. The van der Waals surface area contributed by atoms with Crippen LogP contribution in [0.1, 0.15) is 55.2 Å². The van der Waals surface area contributed by atoms with Gasteiger partial charge in [-0.1, -0.05) is 37.5 Å². The molecular formula is C18H25NO2. The normalized spacial score (nSPS) is 20.0. The summed E-state index contributed by atoms with van der Waals surface area (Å²) >= 11 is 0. The highest BCUT2D eigenvalue weighted by molar-refractivity contribution is 5.80. The smallest absolute Gasteiger partial charge is 0.326 e. The molecule has 1 fully saturated rings. The molecule has 0 saturated heterocycles. The van der Waals surface area contributed by atoms with Gasteiger partial charge < -0.3 is 4.74 Å². The Morgan fingerprint density at radius 1 is 1.14 bits per heavy atom. The summed E-state index contributed by atoms with van der Waals surface area (Å²) in [6.45, 7) is 0.752. The summed E-state index contributed by atoms with van der Waals surface area (Å²) in [5.74, 6) is -0.0941. The van der Waals surface area contributed by atoms with Crippen molar-refractivity contribution in [2.75, 3.05) is 7.11 Å². The first-order chi connectivity index (χ1) is 10.2. The van der Waals surface area contributed by atoms with Crippen LogP contribution >= 0.6 is 0 Å². The number of methoxy groups -OCH3 is 1. The molecule has 0 aromatic heterocycles. The summed E-state index contributed by atoms with van der Waals surface area (Å²) in [6, 6.07) is 6.76. The number of rotatable bonds is 4. The average molecular weight is 287 g/mol. The van der Waals surface area contributed by atoms with E-state index >= 15 is 0 Å². The van der Waals surface area contributed by atoms with Crippen molar-refractivity contribution in [1.29, 1.82) is 0 Å². The molecule has 114 valence electrons. The summed E-state index contributed by atoms with van der Waals surface area (Å²) in [6.07, 6.45) is 8.91. The molecule has 2 aliphatic rings. The lowest BCUT2D eigenvalue weighted by molar-refractivity contribution is -0.150. The molecule has 1 N–H and O–H groups in total. The lowest BCUT2D eigenvalue weighted by atomic mass is 9.81. The second kappa shape index (κ2) is 6.18. The van der Waals surface area contributed by atoms with Crippen LogP contribution in [-0.4, -0.2) is 18.6 Å². The predicted octanol–water partition coefficient (Wildman–Crippen LogP) is 3.14. The fourth-order valence-corrected chi connectivity index (χ4v) is 3.81. The van der Waals surface area contributed by atoms with Gasteiger partial charge in [0, 0.05) is 6.54 Å². The maximum Gasteiger partial charge on any atom is 0.326 e. The summed E-state index contributed by atoms with van der Waals surface area (Å²) in [5.41, 5.74) is 3.81. The third kappa shape index (κ3) is 2.98. The Bertz CT molecular complexity index is 518. The van der Waals surface area contributed by atoms with Gasteiger partial charge >= 0.3 is 5.97 Å². The van der Waals surface area contributed by atoms with Gasteiger partial charge in [0.05, 0.1) is 7.11 Å². The minimum Gasteiger partial charge on any atom is -0.468 e. The fourth-order valence-electron chi connectivity index (χ4n) is 3.81. The number of nitrogens with one attached hydrogen (secondary N) is 1. The molecule has 21 heavy (non-hydrogen) atoms. The molecule has 1 aromatic carbocycles. The monoisotopic (exact) mass is 287 g/mol. The van der Waals surface area contributed by atoms with E-state index in [4.69, 9.17) is 4.74 Å². The second-order valence-corrected chi connectivity index (χ2v) is 6.44. The van der Waals surface area contributed by atoms with Gasteiger partial charge in [0.1, 0.15) is 5.54 Å². The van der Waals surface area contributed by atoms with Crippen LogP contribution in [0.4, 0.5) is 0 Å². The molecule has 0 radical (unpaired) electrons. The van der Waals surface area contributed by atoms with Gasteiger partial charge in [-0.2, -0.15) is 0 Å². The SMILES string of the molecule is COC(=O)C1(NCc2ccc3c(c2)CCC3)CCCCC1. The number of hydrogen-bond donors (Lipinski definition) is 1. The van der Waals surface area contributed by atoms with Crippen LogP contribution in [0.25, 0.3) is 0 Å². The molecule has 2 aliphatic carbocycles. The van der Waals surface area contributed by atoms with Crippen molar-refractivity contribution in [3.05, 3.63) is 34.9 Å². The van der Waals surface area contributed by atoms with Crippen LogP contribution in [0.15, 0.2) is 18.2 Å². The molecule has 1 aromatic rings. The van der Waals surface area contributed by atoms with Crippen LogP contribution in [0.5, 0.6) is 0 Å². The van der Waals surface area contributed by atoms with Crippen molar-refractivity contribution in [3.8, 4) is 0 Å². The zero-order valence-electron chi connectivity index (χ0n) is 12.9. The van der Waals surface area contributed by atoms with Gasteiger partial charge in [-0.05, 0) is 48.8 Å². The summed E-state index contributed by atoms with van der Waals surface area (Å²) < 4.78 is 5.05. The topological polar surface area (TPSA) is 38.3 Å². The van der Waals surface area contributed by atoms with E-state index in [2.05, 4.69) is 23.5 Å². The van der Waals surface area contributed by atoms with Gasteiger partial charge in [-0.3, -0.25) is 10.1 Å². The Hall–Kier alpha value is -1.35. The first kappa shape index (κ1) is 14.6. The van der Waals surface area contributed by atoms with E-state index in [1.165, 1.54) is 49.5 Å². The Balaban J connectivity index is 1.70. The summed E-state index contributed by atoms with van der Waals surface area (Å²) in [5, 5.41) is 3.52. The molecule has 0 spiro atoms. The van der Waals surface area contributed by atoms with Crippen LogP contribution in [0, 0.1) is 0 Å².